The molecule has 0 radical (unpaired) electrons. The monoisotopic (exact) mass is 436 g/mol. The van der Waals surface area contributed by atoms with Crippen LogP contribution >= 0.6 is 0 Å². The van der Waals surface area contributed by atoms with E-state index in [2.05, 4.69) is 20.3 Å². The number of nitrogens with zero attached hydrogens (tertiary/aromatic N) is 4. The van der Waals surface area contributed by atoms with Crippen molar-refractivity contribution in [2.45, 2.75) is 0 Å². The molecule has 0 unspecified atom stereocenters. The summed E-state index contributed by atoms with van der Waals surface area (Å²) in [5, 5.41) is 21.8. The molecule has 0 amide bonds. The second-order valence-electron chi connectivity index (χ2n) is 4.52. The van der Waals surface area contributed by atoms with E-state index in [1.54, 1.807) is 49.1 Å². The van der Waals surface area contributed by atoms with Gasteiger partial charge in [-0.1, -0.05) is 10.3 Å². The van der Waals surface area contributed by atoms with Crippen molar-refractivity contribution in [3.05, 3.63) is 60.2 Å². The average Bonchev–Trinajstić information content (AvgIpc) is 2.55. The molecule has 0 fully saturated rings. The average molecular weight is 436 g/mol. The van der Waals surface area contributed by atoms with E-state index in [1.165, 1.54) is 12.4 Å². The van der Waals surface area contributed by atoms with Crippen LogP contribution in [0.1, 0.15) is 11.1 Å². The van der Waals surface area contributed by atoms with E-state index in [1.807, 2.05) is 0 Å². The van der Waals surface area contributed by atoms with Crippen LogP contribution in [-0.4, -0.2) is 71.3 Å². The smallest absolute Gasteiger partial charge is 0.261 e. The van der Waals surface area contributed by atoms with Crippen LogP contribution in [0.15, 0.2) is 59.4 Å². The molecule has 28 heavy (non-hydrogen) atoms. The molecule has 0 aliphatic rings. The Kier molecular flexibility index (Phi) is 14.8. The molecular formula is C14H20N4O8S2. The van der Waals surface area contributed by atoms with E-state index in [-0.39, 0.29) is 0 Å². The molecule has 2 rings (SSSR count). The molecule has 156 valence electrons. The van der Waals surface area contributed by atoms with Gasteiger partial charge in [0.05, 0.1) is 24.9 Å². The summed E-state index contributed by atoms with van der Waals surface area (Å²) in [7, 11) is -7.33. The predicted octanol–water partition coefficient (Wildman–Crippen LogP) is 0.787. The van der Waals surface area contributed by atoms with Gasteiger partial charge in [-0.15, -0.1) is 0 Å². The fourth-order valence-corrected chi connectivity index (χ4v) is 1.03. The largest absolute Gasteiger partial charge is 0.411 e. The maximum Gasteiger partial charge on any atom is 0.261 e. The van der Waals surface area contributed by atoms with Gasteiger partial charge >= 0.3 is 0 Å². The number of aromatic nitrogens is 2. The maximum atomic E-state index is 9.19. The second-order valence-corrected chi connectivity index (χ2v) is 7.45. The topological polar surface area (TPSA) is 200 Å². The Morgan fingerprint density at radius 3 is 1.11 bits per heavy atom. The summed E-state index contributed by atoms with van der Waals surface area (Å²) in [6, 6.07) is 7.00. The lowest BCUT2D eigenvalue weighted by Gasteiger charge is -1.84. The normalized spacial score (nSPS) is 10.7. The number of hydrogen-bond donors (Lipinski definition) is 4. The van der Waals surface area contributed by atoms with Crippen molar-refractivity contribution >= 4 is 32.7 Å². The van der Waals surface area contributed by atoms with Gasteiger partial charge in [0.1, 0.15) is 0 Å². The van der Waals surface area contributed by atoms with Crippen molar-refractivity contribution in [3.8, 4) is 0 Å². The molecule has 2 aromatic rings. The third-order valence-electron chi connectivity index (χ3n) is 1.83. The lowest BCUT2D eigenvalue weighted by atomic mass is 10.3. The lowest BCUT2D eigenvalue weighted by molar-refractivity contribution is 0.321. The van der Waals surface area contributed by atoms with Crippen molar-refractivity contribution in [1.82, 2.24) is 9.97 Å². The first-order chi connectivity index (χ1) is 12.9. The highest BCUT2D eigenvalue weighted by Gasteiger charge is 1.82. The summed E-state index contributed by atoms with van der Waals surface area (Å²) in [5.74, 6) is 0. The first-order valence-corrected chi connectivity index (χ1v) is 10.6. The zero-order valence-corrected chi connectivity index (χ0v) is 16.4. The minimum Gasteiger partial charge on any atom is -0.411 e. The van der Waals surface area contributed by atoms with Crippen LogP contribution in [0, 0.1) is 0 Å². The molecule has 0 atom stereocenters. The van der Waals surface area contributed by atoms with Gasteiger partial charge in [0.25, 0.3) is 20.2 Å². The molecule has 0 spiro atoms. The van der Waals surface area contributed by atoms with Crippen molar-refractivity contribution in [2.24, 2.45) is 10.3 Å². The van der Waals surface area contributed by atoms with Crippen LogP contribution < -0.4 is 0 Å². The molecule has 0 saturated heterocycles. The summed E-state index contributed by atoms with van der Waals surface area (Å²) in [5.41, 5.74) is 1.68. The van der Waals surface area contributed by atoms with E-state index in [9.17, 15) is 16.8 Å². The van der Waals surface area contributed by atoms with Gasteiger partial charge in [0, 0.05) is 24.8 Å². The summed E-state index contributed by atoms with van der Waals surface area (Å²) >= 11 is 0. The molecular weight excluding hydrogens is 416 g/mol. The van der Waals surface area contributed by atoms with Crippen LogP contribution in [-0.2, 0) is 20.2 Å². The van der Waals surface area contributed by atoms with E-state index in [0.717, 1.165) is 11.1 Å². The minimum absolute atomic E-state index is 0.715. The predicted molar refractivity (Wildman–Crippen MR) is 102 cm³/mol. The molecule has 0 aliphatic carbocycles. The van der Waals surface area contributed by atoms with E-state index < -0.39 is 20.2 Å². The van der Waals surface area contributed by atoms with Gasteiger partial charge in [-0.25, -0.2) is 0 Å². The van der Waals surface area contributed by atoms with Gasteiger partial charge in [-0.3, -0.25) is 19.1 Å². The van der Waals surface area contributed by atoms with E-state index >= 15 is 0 Å². The third-order valence-corrected chi connectivity index (χ3v) is 1.83. The van der Waals surface area contributed by atoms with Gasteiger partial charge in [-0.2, -0.15) is 16.8 Å². The van der Waals surface area contributed by atoms with Crippen molar-refractivity contribution in [1.29, 1.82) is 0 Å². The minimum atomic E-state index is -3.67. The second kappa shape index (κ2) is 15.2. The van der Waals surface area contributed by atoms with Gasteiger partial charge in [-0.05, 0) is 35.4 Å². The Labute approximate surface area is 162 Å². The van der Waals surface area contributed by atoms with E-state index in [4.69, 9.17) is 19.5 Å². The Bertz CT molecular complexity index is 809. The van der Waals surface area contributed by atoms with Crippen molar-refractivity contribution in [3.63, 3.8) is 0 Å². The maximum absolute atomic E-state index is 9.19. The first kappa shape index (κ1) is 27.3. The van der Waals surface area contributed by atoms with Gasteiger partial charge in [0.15, 0.2) is 0 Å². The summed E-state index contributed by atoms with van der Waals surface area (Å²) in [6.45, 7) is 0. The number of oxime groups is 2. The molecule has 0 aliphatic heterocycles. The summed E-state index contributed by atoms with van der Waals surface area (Å²) in [4.78, 5) is 7.57. The number of hydrogen-bond acceptors (Lipinski definition) is 10. The van der Waals surface area contributed by atoms with Crippen LogP contribution in [0.4, 0.5) is 0 Å². The Hall–Kier alpha value is -2.94. The number of pyridine rings is 2. The molecule has 4 N–H and O–H groups in total. The first-order valence-electron chi connectivity index (χ1n) is 6.86. The highest BCUT2D eigenvalue weighted by Crippen LogP contribution is 1.90. The SMILES string of the molecule is CS(=O)(=O)O.CS(=O)(=O)O.ON=Cc1ccncc1.ON=Cc1ccncc1. The molecule has 0 bridgehead atoms. The number of rotatable bonds is 2. The quantitative estimate of drug-likeness (QED) is 0.226. The molecule has 0 aromatic carbocycles. The Balaban J connectivity index is 0. The molecule has 2 aromatic heterocycles. The van der Waals surface area contributed by atoms with Crippen molar-refractivity contribution < 1.29 is 36.4 Å². The molecule has 12 nitrogen and oxygen atoms in total. The van der Waals surface area contributed by atoms with Crippen LogP contribution in [0.2, 0.25) is 0 Å². The van der Waals surface area contributed by atoms with Gasteiger partial charge < -0.3 is 10.4 Å². The summed E-state index contributed by atoms with van der Waals surface area (Å²) in [6.07, 6.45) is 10.7. The van der Waals surface area contributed by atoms with Crippen LogP contribution in [0.3, 0.4) is 0 Å². The molecule has 2 heterocycles. The lowest BCUT2D eigenvalue weighted by Crippen LogP contribution is -1.88. The fraction of sp³-hybridized carbons (Fsp3) is 0.143. The Morgan fingerprint density at radius 2 is 0.929 bits per heavy atom. The molecule has 0 saturated carbocycles. The third kappa shape index (κ3) is 30.9. The highest BCUT2D eigenvalue weighted by atomic mass is 32.2. The fourth-order valence-electron chi connectivity index (χ4n) is 1.03. The highest BCUT2D eigenvalue weighted by molar-refractivity contribution is 7.85. The summed E-state index contributed by atoms with van der Waals surface area (Å²) < 4.78 is 51.7. The van der Waals surface area contributed by atoms with Gasteiger partial charge in [0.2, 0.25) is 0 Å². The Morgan fingerprint density at radius 1 is 0.714 bits per heavy atom. The van der Waals surface area contributed by atoms with E-state index in [0.29, 0.717) is 12.5 Å². The van der Waals surface area contributed by atoms with Crippen LogP contribution in [0.25, 0.3) is 0 Å². The zero-order chi connectivity index (χ0) is 22.1. The van der Waals surface area contributed by atoms with Crippen molar-refractivity contribution in [2.75, 3.05) is 12.5 Å². The molecule has 14 heteroatoms. The standard InChI is InChI=1S/2C6H6N2O.2CH4O3S/c2*9-8-5-6-1-3-7-4-2-6;2*1-5(2,3)4/h2*1-5,9H;2*1H3,(H,2,3,4). The van der Waals surface area contributed by atoms with Crippen LogP contribution in [0.5, 0.6) is 0 Å². The zero-order valence-electron chi connectivity index (χ0n) is 14.8.